The molecule has 1 saturated carbocycles. The molecular weight excluding hydrogens is 285 g/mol. The van der Waals surface area contributed by atoms with Crippen molar-refractivity contribution in [3.8, 4) is 0 Å². The monoisotopic (exact) mass is 303 g/mol. The van der Waals surface area contributed by atoms with Crippen molar-refractivity contribution in [3.63, 3.8) is 0 Å². The summed E-state index contributed by atoms with van der Waals surface area (Å²) in [6.45, 7) is 1.19. The first-order valence-electron chi connectivity index (χ1n) is 7.73. The molecule has 1 aliphatic carbocycles. The summed E-state index contributed by atoms with van der Waals surface area (Å²) >= 11 is 0. The Hall–Kier alpha value is -1.95. The van der Waals surface area contributed by atoms with Crippen molar-refractivity contribution in [1.29, 1.82) is 0 Å². The number of amides is 1. The highest BCUT2D eigenvalue weighted by Gasteiger charge is 2.51. The van der Waals surface area contributed by atoms with Crippen molar-refractivity contribution in [2.24, 2.45) is 5.41 Å². The van der Waals surface area contributed by atoms with E-state index in [0.717, 1.165) is 19.4 Å². The summed E-state index contributed by atoms with van der Waals surface area (Å²) in [5, 5.41) is 10.7. The van der Waals surface area contributed by atoms with E-state index in [4.69, 9.17) is 4.52 Å². The maximum atomic E-state index is 13.3. The summed E-state index contributed by atoms with van der Waals surface area (Å²) in [5.74, 6) is -0.338. The van der Waals surface area contributed by atoms with Gasteiger partial charge in [-0.15, -0.1) is 0 Å². The topological polar surface area (TPSA) is 67.2 Å². The lowest BCUT2D eigenvalue weighted by molar-refractivity contribution is -0.130. The molecule has 1 aromatic heterocycles. The Bertz CT molecular complexity index is 721. The number of nitrogens with one attached hydrogen (secondary N) is 2. The van der Waals surface area contributed by atoms with Gasteiger partial charge in [0.1, 0.15) is 11.5 Å². The number of aromatic nitrogens is 1. The molecule has 0 bridgehead atoms. The number of carbonyl (C=O) groups excluding carboxylic acids is 1. The number of hydrogen-bond acceptors (Lipinski definition) is 4. The number of hydrogen-bond donors (Lipinski definition) is 2. The van der Waals surface area contributed by atoms with Crippen LogP contribution in [0, 0.1) is 11.2 Å². The second kappa shape index (κ2) is 5.05. The molecule has 5 nitrogen and oxygen atoms in total. The SMILES string of the molecule is O=C(NCc1noc2ccc(F)cc12)C1NCC12CCCC2. The van der Waals surface area contributed by atoms with E-state index in [0.29, 0.717) is 16.7 Å². The van der Waals surface area contributed by atoms with E-state index < -0.39 is 0 Å². The Morgan fingerprint density at radius 2 is 2.27 bits per heavy atom. The maximum absolute atomic E-state index is 13.3. The van der Waals surface area contributed by atoms with Gasteiger partial charge >= 0.3 is 0 Å². The summed E-state index contributed by atoms with van der Waals surface area (Å²) in [7, 11) is 0. The van der Waals surface area contributed by atoms with Gasteiger partial charge in [-0.25, -0.2) is 4.39 Å². The van der Waals surface area contributed by atoms with Gasteiger partial charge in [-0.05, 0) is 31.0 Å². The minimum atomic E-state index is -0.339. The largest absolute Gasteiger partial charge is 0.356 e. The molecule has 1 aromatic carbocycles. The predicted octanol–water partition coefficient (Wildman–Crippen LogP) is 2.12. The third kappa shape index (κ3) is 2.09. The Balaban J connectivity index is 1.45. The Kier molecular flexibility index (Phi) is 3.14. The number of fused-ring (bicyclic) bond motifs is 1. The molecule has 1 atom stereocenters. The van der Waals surface area contributed by atoms with Crippen LogP contribution in [0.1, 0.15) is 31.4 Å². The van der Waals surface area contributed by atoms with Crippen LogP contribution in [0.25, 0.3) is 11.0 Å². The van der Waals surface area contributed by atoms with Gasteiger partial charge in [-0.2, -0.15) is 0 Å². The number of halogens is 1. The predicted molar refractivity (Wildman–Crippen MR) is 78.5 cm³/mol. The van der Waals surface area contributed by atoms with Gasteiger partial charge in [0.25, 0.3) is 0 Å². The van der Waals surface area contributed by atoms with E-state index in [1.54, 1.807) is 6.07 Å². The molecule has 22 heavy (non-hydrogen) atoms. The lowest BCUT2D eigenvalue weighted by Gasteiger charge is -2.47. The van der Waals surface area contributed by atoms with E-state index in [9.17, 15) is 9.18 Å². The van der Waals surface area contributed by atoms with Crippen LogP contribution < -0.4 is 10.6 Å². The second-order valence-corrected chi connectivity index (χ2v) is 6.37. The molecule has 2 N–H and O–H groups in total. The molecule has 2 fully saturated rings. The molecular formula is C16H18FN3O2. The molecule has 1 unspecified atom stereocenters. The molecule has 2 aromatic rings. The van der Waals surface area contributed by atoms with E-state index in [1.165, 1.54) is 25.0 Å². The smallest absolute Gasteiger partial charge is 0.238 e. The quantitative estimate of drug-likeness (QED) is 0.911. The fourth-order valence-electron chi connectivity index (χ4n) is 3.77. The number of rotatable bonds is 3. The number of nitrogens with zero attached hydrogens (tertiary/aromatic N) is 1. The standard InChI is InChI=1S/C16H18FN3O2/c17-10-3-4-13-11(7-10)12(20-22-13)8-18-15(21)14-16(9-19-14)5-1-2-6-16/h3-4,7,14,19H,1-2,5-6,8-9H2,(H,18,21). The minimum absolute atomic E-state index is 0.000651. The maximum Gasteiger partial charge on any atom is 0.238 e. The Morgan fingerprint density at radius 1 is 1.45 bits per heavy atom. The third-order valence-electron chi connectivity index (χ3n) is 5.07. The van der Waals surface area contributed by atoms with Gasteiger partial charge in [-0.1, -0.05) is 18.0 Å². The summed E-state index contributed by atoms with van der Waals surface area (Å²) in [6.07, 6.45) is 4.66. The molecule has 2 aliphatic rings. The van der Waals surface area contributed by atoms with E-state index >= 15 is 0 Å². The highest BCUT2D eigenvalue weighted by atomic mass is 19.1. The zero-order valence-electron chi connectivity index (χ0n) is 12.2. The highest BCUT2D eigenvalue weighted by Crippen LogP contribution is 2.45. The van der Waals surface area contributed by atoms with Crippen LogP contribution in [0.5, 0.6) is 0 Å². The van der Waals surface area contributed by atoms with Crippen LogP contribution in [-0.4, -0.2) is 23.7 Å². The zero-order valence-corrected chi connectivity index (χ0v) is 12.2. The summed E-state index contributed by atoms with van der Waals surface area (Å²) < 4.78 is 18.5. The van der Waals surface area contributed by atoms with Crippen molar-refractivity contribution in [1.82, 2.24) is 15.8 Å². The molecule has 1 amide bonds. The zero-order chi connectivity index (χ0) is 15.2. The second-order valence-electron chi connectivity index (χ2n) is 6.37. The average molecular weight is 303 g/mol. The molecule has 2 heterocycles. The van der Waals surface area contributed by atoms with Gasteiger partial charge in [0.15, 0.2) is 5.58 Å². The van der Waals surface area contributed by atoms with Gasteiger partial charge in [0.2, 0.25) is 5.91 Å². The normalized spacial score (nSPS) is 22.9. The third-order valence-corrected chi connectivity index (χ3v) is 5.07. The molecule has 4 rings (SSSR count). The average Bonchev–Trinajstić information content (AvgIpc) is 3.12. The van der Waals surface area contributed by atoms with Crippen molar-refractivity contribution < 1.29 is 13.7 Å². The van der Waals surface area contributed by atoms with Crippen molar-refractivity contribution in [2.75, 3.05) is 6.54 Å². The Labute approximate surface area is 127 Å². The minimum Gasteiger partial charge on any atom is -0.356 e. The van der Waals surface area contributed by atoms with Gasteiger partial charge < -0.3 is 15.2 Å². The highest BCUT2D eigenvalue weighted by molar-refractivity contribution is 5.85. The first-order chi connectivity index (χ1) is 10.7. The Morgan fingerprint density at radius 3 is 3.00 bits per heavy atom. The summed E-state index contributed by atoms with van der Waals surface area (Å²) in [5.41, 5.74) is 1.24. The van der Waals surface area contributed by atoms with Crippen LogP contribution in [0.2, 0.25) is 0 Å². The summed E-state index contributed by atoms with van der Waals surface area (Å²) in [6, 6.07) is 4.15. The molecule has 1 saturated heterocycles. The van der Waals surface area contributed by atoms with Crippen molar-refractivity contribution in [3.05, 3.63) is 29.7 Å². The molecule has 1 aliphatic heterocycles. The van der Waals surface area contributed by atoms with Crippen LogP contribution in [0.15, 0.2) is 22.7 Å². The van der Waals surface area contributed by atoms with E-state index in [-0.39, 0.29) is 29.7 Å². The van der Waals surface area contributed by atoms with Crippen LogP contribution in [-0.2, 0) is 11.3 Å². The lowest BCUT2D eigenvalue weighted by Crippen LogP contribution is -2.67. The van der Waals surface area contributed by atoms with Gasteiger partial charge in [0, 0.05) is 17.3 Å². The van der Waals surface area contributed by atoms with E-state index in [2.05, 4.69) is 15.8 Å². The van der Waals surface area contributed by atoms with Crippen LogP contribution in [0.3, 0.4) is 0 Å². The van der Waals surface area contributed by atoms with Crippen molar-refractivity contribution >= 4 is 16.9 Å². The number of benzene rings is 1. The first-order valence-corrected chi connectivity index (χ1v) is 7.73. The number of carbonyl (C=O) groups is 1. The van der Waals surface area contributed by atoms with Crippen LogP contribution >= 0.6 is 0 Å². The van der Waals surface area contributed by atoms with Gasteiger partial charge in [-0.3, -0.25) is 4.79 Å². The first kappa shape index (κ1) is 13.7. The van der Waals surface area contributed by atoms with E-state index in [1.807, 2.05) is 0 Å². The molecule has 6 heteroatoms. The fraction of sp³-hybridized carbons (Fsp3) is 0.500. The van der Waals surface area contributed by atoms with Crippen LogP contribution in [0.4, 0.5) is 4.39 Å². The summed E-state index contributed by atoms with van der Waals surface area (Å²) in [4.78, 5) is 12.4. The van der Waals surface area contributed by atoms with Gasteiger partial charge in [0.05, 0.1) is 12.6 Å². The molecule has 0 radical (unpaired) electrons. The lowest BCUT2D eigenvalue weighted by atomic mass is 9.71. The fourth-order valence-corrected chi connectivity index (χ4v) is 3.77. The molecule has 1 spiro atoms. The van der Waals surface area contributed by atoms with Crippen molar-refractivity contribution in [2.45, 2.75) is 38.3 Å². The molecule has 116 valence electrons.